The summed E-state index contributed by atoms with van der Waals surface area (Å²) in [5.74, 6) is 1.88. The Morgan fingerprint density at radius 1 is 1.28 bits per heavy atom. The maximum Gasteiger partial charge on any atom is 0.120 e. The van der Waals surface area contributed by atoms with Crippen LogP contribution in [0.15, 0.2) is 47.1 Å². The zero-order valence-corrected chi connectivity index (χ0v) is 10.8. The maximum atomic E-state index is 5.35. The lowest BCUT2D eigenvalue weighted by atomic mass is 10.1. The van der Waals surface area contributed by atoms with E-state index in [1.807, 2.05) is 24.3 Å². The number of rotatable bonds is 6. The zero-order valence-electron chi connectivity index (χ0n) is 10.8. The van der Waals surface area contributed by atoms with Crippen molar-refractivity contribution in [2.75, 3.05) is 13.7 Å². The van der Waals surface area contributed by atoms with Crippen LogP contribution in [0.3, 0.4) is 0 Å². The summed E-state index contributed by atoms with van der Waals surface area (Å²) in [6.07, 6.45) is 2.68. The Bertz CT molecular complexity index is 465. The number of ether oxygens (including phenoxy) is 1. The van der Waals surface area contributed by atoms with Crippen LogP contribution < -0.4 is 10.1 Å². The molecule has 2 rings (SSSR count). The van der Waals surface area contributed by atoms with Gasteiger partial charge in [0.15, 0.2) is 0 Å². The summed E-state index contributed by atoms with van der Waals surface area (Å²) in [7, 11) is 1.69. The van der Waals surface area contributed by atoms with E-state index in [-0.39, 0.29) is 6.04 Å². The Hall–Kier alpha value is -1.74. The number of furan rings is 1. The highest BCUT2D eigenvalue weighted by Crippen LogP contribution is 2.14. The van der Waals surface area contributed by atoms with Gasteiger partial charge in [-0.25, -0.2) is 0 Å². The third-order valence-electron chi connectivity index (χ3n) is 2.97. The van der Waals surface area contributed by atoms with E-state index in [0.29, 0.717) is 0 Å². The summed E-state index contributed by atoms with van der Waals surface area (Å²) in [5.41, 5.74) is 1.27. The molecule has 1 unspecified atom stereocenters. The van der Waals surface area contributed by atoms with Crippen molar-refractivity contribution >= 4 is 0 Å². The van der Waals surface area contributed by atoms with E-state index in [9.17, 15) is 0 Å². The van der Waals surface area contributed by atoms with Crippen molar-refractivity contribution < 1.29 is 9.15 Å². The van der Waals surface area contributed by atoms with Crippen LogP contribution in [-0.4, -0.2) is 13.7 Å². The maximum absolute atomic E-state index is 5.35. The van der Waals surface area contributed by atoms with Gasteiger partial charge in [-0.3, -0.25) is 0 Å². The molecule has 0 radical (unpaired) electrons. The molecular formula is C15H19NO2. The summed E-state index contributed by atoms with van der Waals surface area (Å²) >= 11 is 0. The van der Waals surface area contributed by atoms with Crippen LogP contribution >= 0.6 is 0 Å². The molecule has 0 spiro atoms. The van der Waals surface area contributed by atoms with Crippen LogP contribution in [0.25, 0.3) is 0 Å². The van der Waals surface area contributed by atoms with E-state index in [2.05, 4.69) is 24.4 Å². The minimum absolute atomic E-state index is 0.241. The average molecular weight is 245 g/mol. The van der Waals surface area contributed by atoms with Gasteiger partial charge in [-0.2, -0.15) is 0 Å². The van der Waals surface area contributed by atoms with E-state index in [4.69, 9.17) is 9.15 Å². The Kier molecular flexibility index (Phi) is 4.42. The number of benzene rings is 1. The Morgan fingerprint density at radius 2 is 2.17 bits per heavy atom. The fourth-order valence-corrected chi connectivity index (χ4v) is 1.90. The van der Waals surface area contributed by atoms with Gasteiger partial charge in [-0.05, 0) is 49.7 Å². The second-order valence-electron chi connectivity index (χ2n) is 4.29. The third-order valence-corrected chi connectivity index (χ3v) is 2.97. The van der Waals surface area contributed by atoms with Crippen LogP contribution in [0.5, 0.6) is 5.75 Å². The van der Waals surface area contributed by atoms with Crippen molar-refractivity contribution in [3.63, 3.8) is 0 Å². The quantitative estimate of drug-likeness (QED) is 0.848. The van der Waals surface area contributed by atoms with Crippen molar-refractivity contribution in [2.45, 2.75) is 19.4 Å². The van der Waals surface area contributed by atoms with E-state index in [1.165, 1.54) is 5.56 Å². The second-order valence-corrected chi connectivity index (χ2v) is 4.29. The number of methoxy groups -OCH3 is 1. The second kappa shape index (κ2) is 6.26. The Balaban J connectivity index is 1.81. The van der Waals surface area contributed by atoms with Gasteiger partial charge in [0.2, 0.25) is 0 Å². The predicted molar refractivity (Wildman–Crippen MR) is 71.8 cm³/mol. The molecule has 2 aromatic rings. The van der Waals surface area contributed by atoms with Crippen molar-refractivity contribution in [1.29, 1.82) is 0 Å². The van der Waals surface area contributed by atoms with Gasteiger partial charge in [0.25, 0.3) is 0 Å². The Labute approximate surface area is 108 Å². The molecule has 3 nitrogen and oxygen atoms in total. The summed E-state index contributed by atoms with van der Waals surface area (Å²) < 4.78 is 10.6. The van der Waals surface area contributed by atoms with Gasteiger partial charge < -0.3 is 14.5 Å². The van der Waals surface area contributed by atoms with Gasteiger partial charge in [0, 0.05) is 0 Å². The minimum atomic E-state index is 0.241. The molecule has 1 N–H and O–H groups in total. The highest BCUT2D eigenvalue weighted by atomic mass is 16.5. The molecule has 0 amide bonds. The van der Waals surface area contributed by atoms with Gasteiger partial charge in [-0.15, -0.1) is 0 Å². The standard InChI is InChI=1S/C15H19NO2/c1-12(15-7-4-10-18-15)16-9-8-13-5-3-6-14(11-13)17-2/h3-7,10-12,16H,8-9H2,1-2H3. The first-order chi connectivity index (χ1) is 8.79. The number of hydrogen-bond acceptors (Lipinski definition) is 3. The first kappa shape index (κ1) is 12.7. The SMILES string of the molecule is COc1cccc(CCNC(C)c2ccco2)c1. The van der Waals surface area contributed by atoms with Crippen molar-refractivity contribution in [2.24, 2.45) is 0 Å². The number of nitrogens with one attached hydrogen (secondary N) is 1. The summed E-state index contributed by atoms with van der Waals surface area (Å²) in [6.45, 7) is 3.01. The lowest BCUT2D eigenvalue weighted by Crippen LogP contribution is -2.20. The first-order valence-corrected chi connectivity index (χ1v) is 6.19. The smallest absolute Gasteiger partial charge is 0.120 e. The monoisotopic (exact) mass is 245 g/mol. The Morgan fingerprint density at radius 3 is 2.89 bits per heavy atom. The molecule has 1 atom stereocenters. The highest BCUT2D eigenvalue weighted by Gasteiger charge is 2.06. The fourth-order valence-electron chi connectivity index (χ4n) is 1.90. The molecule has 0 fully saturated rings. The molecule has 1 aromatic heterocycles. The van der Waals surface area contributed by atoms with E-state index < -0.39 is 0 Å². The molecule has 1 heterocycles. The predicted octanol–water partition coefficient (Wildman–Crippen LogP) is 3.18. The molecule has 0 saturated carbocycles. The molecule has 1 aromatic carbocycles. The highest BCUT2D eigenvalue weighted by molar-refractivity contribution is 5.28. The van der Waals surface area contributed by atoms with Gasteiger partial charge in [0.1, 0.15) is 11.5 Å². The van der Waals surface area contributed by atoms with E-state index in [0.717, 1.165) is 24.5 Å². The van der Waals surface area contributed by atoms with Crippen LogP contribution in [0, 0.1) is 0 Å². The molecule has 0 aliphatic rings. The van der Waals surface area contributed by atoms with Crippen LogP contribution in [-0.2, 0) is 6.42 Å². The molecule has 0 aliphatic carbocycles. The molecule has 0 aliphatic heterocycles. The topological polar surface area (TPSA) is 34.4 Å². The zero-order chi connectivity index (χ0) is 12.8. The molecule has 0 saturated heterocycles. The summed E-state index contributed by atoms with van der Waals surface area (Å²) in [6, 6.07) is 12.3. The van der Waals surface area contributed by atoms with Crippen LogP contribution in [0.2, 0.25) is 0 Å². The van der Waals surface area contributed by atoms with Crippen molar-refractivity contribution in [1.82, 2.24) is 5.32 Å². The molecule has 0 bridgehead atoms. The fraction of sp³-hybridized carbons (Fsp3) is 0.333. The summed E-state index contributed by atoms with van der Waals surface area (Å²) in [4.78, 5) is 0. The van der Waals surface area contributed by atoms with Gasteiger partial charge >= 0.3 is 0 Å². The largest absolute Gasteiger partial charge is 0.497 e. The van der Waals surface area contributed by atoms with E-state index >= 15 is 0 Å². The van der Waals surface area contributed by atoms with Crippen molar-refractivity contribution in [3.05, 3.63) is 54.0 Å². The van der Waals surface area contributed by atoms with Crippen LogP contribution in [0.1, 0.15) is 24.3 Å². The summed E-state index contributed by atoms with van der Waals surface area (Å²) in [5, 5.41) is 3.44. The van der Waals surface area contributed by atoms with E-state index in [1.54, 1.807) is 13.4 Å². The third kappa shape index (κ3) is 3.37. The van der Waals surface area contributed by atoms with Gasteiger partial charge in [0.05, 0.1) is 19.4 Å². The van der Waals surface area contributed by atoms with Crippen LogP contribution in [0.4, 0.5) is 0 Å². The molecule has 18 heavy (non-hydrogen) atoms. The molecule has 3 heteroatoms. The normalized spacial score (nSPS) is 12.3. The number of hydrogen-bond donors (Lipinski definition) is 1. The molecular weight excluding hydrogens is 226 g/mol. The molecule has 96 valence electrons. The lowest BCUT2D eigenvalue weighted by Gasteiger charge is -2.11. The van der Waals surface area contributed by atoms with Crippen molar-refractivity contribution in [3.8, 4) is 5.75 Å². The minimum Gasteiger partial charge on any atom is -0.497 e. The first-order valence-electron chi connectivity index (χ1n) is 6.19. The average Bonchev–Trinajstić information content (AvgIpc) is 2.93. The lowest BCUT2D eigenvalue weighted by molar-refractivity contribution is 0.413. The van der Waals surface area contributed by atoms with Gasteiger partial charge in [-0.1, -0.05) is 12.1 Å².